The third-order valence-corrected chi connectivity index (χ3v) is 6.35. The van der Waals surface area contributed by atoms with Crippen molar-refractivity contribution >= 4 is 17.5 Å². The van der Waals surface area contributed by atoms with Crippen LogP contribution in [0.1, 0.15) is 28.4 Å². The summed E-state index contributed by atoms with van der Waals surface area (Å²) in [6.45, 7) is -0.0423. The third kappa shape index (κ3) is 5.70. The number of methoxy groups -OCH3 is 1. The van der Waals surface area contributed by atoms with E-state index in [0.717, 1.165) is 11.1 Å². The molecule has 4 rings (SSSR count). The van der Waals surface area contributed by atoms with Gasteiger partial charge >= 0.3 is 0 Å². The van der Waals surface area contributed by atoms with Crippen molar-refractivity contribution in [3.63, 3.8) is 0 Å². The van der Waals surface area contributed by atoms with Crippen LogP contribution in [0.2, 0.25) is 0 Å². The third-order valence-electron chi connectivity index (χ3n) is 6.35. The first-order valence-electron chi connectivity index (χ1n) is 11.9. The summed E-state index contributed by atoms with van der Waals surface area (Å²) in [6, 6.07) is 17.7. The predicted molar refractivity (Wildman–Crippen MR) is 140 cm³/mol. The highest BCUT2D eigenvalue weighted by atomic mass is 16.6. The number of aliphatic hydroxyl groups excluding tert-OH is 1. The average Bonchev–Trinajstić information content (AvgIpc) is 3.37. The van der Waals surface area contributed by atoms with Gasteiger partial charge in [0.2, 0.25) is 5.91 Å². The summed E-state index contributed by atoms with van der Waals surface area (Å²) < 4.78 is 5.43. The molecule has 38 heavy (non-hydrogen) atoms. The number of amides is 2. The number of hydrogen-bond donors (Lipinski definition) is 4. The van der Waals surface area contributed by atoms with E-state index in [0.29, 0.717) is 22.6 Å². The summed E-state index contributed by atoms with van der Waals surface area (Å²) in [7, 11) is 2.99. The number of phenolic OH excluding ortho intramolecular Hbond substituents is 2. The molecule has 1 aliphatic heterocycles. The zero-order chi connectivity index (χ0) is 27.2. The first kappa shape index (κ1) is 26.5. The van der Waals surface area contributed by atoms with E-state index in [2.05, 4.69) is 10.5 Å². The summed E-state index contributed by atoms with van der Waals surface area (Å²) in [5, 5.41) is 36.2. The number of carbonyl (C=O) groups excluding carboxylic acids is 2. The van der Waals surface area contributed by atoms with Crippen molar-refractivity contribution in [2.45, 2.75) is 18.6 Å². The highest BCUT2D eigenvalue weighted by Crippen LogP contribution is 2.30. The number of ether oxygens (including phenoxy) is 1. The summed E-state index contributed by atoms with van der Waals surface area (Å²) in [4.78, 5) is 32.8. The Kier molecular flexibility index (Phi) is 8.12. The molecule has 2 atom stereocenters. The lowest BCUT2D eigenvalue weighted by Crippen LogP contribution is -2.46. The van der Waals surface area contributed by atoms with Crippen LogP contribution in [-0.2, 0) is 9.63 Å². The minimum atomic E-state index is -1.13. The van der Waals surface area contributed by atoms with Gasteiger partial charge in [-0.25, -0.2) is 0 Å². The zero-order valence-electron chi connectivity index (χ0n) is 21.0. The topological polar surface area (TPSA) is 141 Å². The molecule has 0 spiro atoms. The number of para-hydroxylation sites is 1. The lowest BCUT2D eigenvalue weighted by Gasteiger charge is -2.24. The molecule has 0 saturated carbocycles. The van der Waals surface area contributed by atoms with Crippen LogP contribution in [0.4, 0.5) is 0 Å². The Balaban J connectivity index is 1.49. The van der Waals surface area contributed by atoms with Gasteiger partial charge in [-0.15, -0.1) is 0 Å². The number of hydrogen-bond acceptors (Lipinski definition) is 8. The fraction of sp³-hybridized carbons (Fsp3) is 0.250. The summed E-state index contributed by atoms with van der Waals surface area (Å²) >= 11 is 0. The second-order valence-corrected chi connectivity index (χ2v) is 8.78. The Morgan fingerprint density at radius 2 is 1.79 bits per heavy atom. The number of aromatic hydroxyl groups is 2. The van der Waals surface area contributed by atoms with Crippen molar-refractivity contribution in [3.8, 4) is 28.4 Å². The molecule has 3 aromatic carbocycles. The van der Waals surface area contributed by atoms with Crippen molar-refractivity contribution in [2.24, 2.45) is 5.16 Å². The predicted octanol–water partition coefficient (Wildman–Crippen LogP) is 2.84. The number of rotatable bonds is 8. The molecule has 1 fully saturated rings. The lowest BCUT2D eigenvalue weighted by molar-refractivity contribution is -0.125. The van der Waals surface area contributed by atoms with Crippen LogP contribution in [-0.4, -0.2) is 71.1 Å². The van der Waals surface area contributed by atoms with Crippen molar-refractivity contribution in [1.82, 2.24) is 10.2 Å². The molecule has 1 heterocycles. The number of oxime groups is 1. The molecule has 1 saturated heterocycles. The molecule has 0 aromatic heterocycles. The van der Waals surface area contributed by atoms with Crippen molar-refractivity contribution in [1.29, 1.82) is 0 Å². The lowest BCUT2D eigenvalue weighted by atomic mass is 10.0. The largest absolute Gasteiger partial charge is 0.504 e. The van der Waals surface area contributed by atoms with Crippen LogP contribution in [0, 0.1) is 0 Å². The first-order chi connectivity index (χ1) is 18.3. The number of aliphatic hydroxyl groups is 1. The SMILES string of the molecule is CO/N=C1\C[C@@H](C(=O)NC[C@@H](O)c2ccc(O)c(O)c2)N(C(=O)c2ccc(-c3ccccc3OC)cc2)C1. The van der Waals surface area contributed by atoms with Gasteiger partial charge in [0.15, 0.2) is 11.5 Å². The highest BCUT2D eigenvalue weighted by Gasteiger charge is 2.38. The minimum absolute atomic E-state index is 0.118. The van der Waals surface area contributed by atoms with E-state index in [4.69, 9.17) is 9.57 Å². The normalized spacial score (nSPS) is 16.8. The van der Waals surface area contributed by atoms with Crippen LogP contribution in [0.25, 0.3) is 11.1 Å². The molecular weight excluding hydrogens is 490 g/mol. The van der Waals surface area contributed by atoms with Crippen LogP contribution in [0.15, 0.2) is 71.9 Å². The maximum atomic E-state index is 13.4. The van der Waals surface area contributed by atoms with Gasteiger partial charge in [-0.2, -0.15) is 0 Å². The molecule has 10 nitrogen and oxygen atoms in total. The highest BCUT2D eigenvalue weighted by molar-refractivity contribution is 6.05. The molecule has 3 aromatic rings. The zero-order valence-corrected chi connectivity index (χ0v) is 21.0. The smallest absolute Gasteiger partial charge is 0.254 e. The van der Waals surface area contributed by atoms with E-state index in [1.807, 2.05) is 36.4 Å². The quantitative estimate of drug-likeness (QED) is 0.265. The van der Waals surface area contributed by atoms with Crippen molar-refractivity contribution < 1.29 is 34.5 Å². The van der Waals surface area contributed by atoms with Crippen molar-refractivity contribution in [2.75, 3.05) is 27.3 Å². The van der Waals surface area contributed by atoms with Gasteiger partial charge in [0.05, 0.1) is 25.5 Å². The van der Waals surface area contributed by atoms with E-state index < -0.39 is 18.1 Å². The monoisotopic (exact) mass is 519 g/mol. The van der Waals surface area contributed by atoms with E-state index >= 15 is 0 Å². The Morgan fingerprint density at radius 3 is 2.47 bits per heavy atom. The van der Waals surface area contributed by atoms with Gasteiger partial charge in [-0.1, -0.05) is 41.6 Å². The maximum absolute atomic E-state index is 13.4. The number of nitrogens with zero attached hydrogens (tertiary/aromatic N) is 2. The summed E-state index contributed by atoms with van der Waals surface area (Å²) in [6.07, 6.45) is -0.952. The van der Waals surface area contributed by atoms with Crippen LogP contribution >= 0.6 is 0 Å². The van der Waals surface area contributed by atoms with Crippen molar-refractivity contribution in [3.05, 3.63) is 77.9 Å². The van der Waals surface area contributed by atoms with Gasteiger partial charge in [-0.05, 0) is 41.5 Å². The Bertz CT molecular complexity index is 1340. The molecule has 10 heteroatoms. The number of carbonyl (C=O) groups is 2. The van der Waals surface area contributed by atoms with E-state index in [1.54, 1.807) is 19.2 Å². The summed E-state index contributed by atoms with van der Waals surface area (Å²) in [5.74, 6) is -0.786. The van der Waals surface area contributed by atoms with Gasteiger partial charge in [0, 0.05) is 24.1 Å². The second kappa shape index (κ2) is 11.7. The molecule has 2 amide bonds. The fourth-order valence-corrected chi connectivity index (χ4v) is 4.37. The van der Waals surface area contributed by atoms with Crippen LogP contribution < -0.4 is 10.1 Å². The molecule has 0 aliphatic carbocycles. The summed E-state index contributed by atoms with van der Waals surface area (Å²) in [5.41, 5.74) is 3.03. The molecule has 0 unspecified atom stereocenters. The maximum Gasteiger partial charge on any atom is 0.254 e. The molecule has 198 valence electrons. The average molecular weight is 520 g/mol. The molecule has 0 bridgehead atoms. The van der Waals surface area contributed by atoms with Gasteiger partial charge < -0.3 is 35.1 Å². The van der Waals surface area contributed by atoms with Crippen LogP contribution in [0.5, 0.6) is 17.2 Å². The molecule has 0 radical (unpaired) electrons. The number of benzene rings is 3. The first-order valence-corrected chi connectivity index (χ1v) is 11.9. The Hall–Kier alpha value is -4.57. The van der Waals surface area contributed by atoms with Gasteiger partial charge in [0.25, 0.3) is 5.91 Å². The minimum Gasteiger partial charge on any atom is -0.504 e. The standard InChI is InChI=1S/C28H29N3O7/c1-37-26-6-4-3-5-21(26)17-7-9-18(10-8-17)28(36)31-16-20(30-38-2)14-22(31)27(35)29-15-25(34)19-11-12-23(32)24(33)13-19/h3-13,22,25,32-34H,14-16H2,1-2H3,(H,29,35)/b30-20+/t22-,25+/m0/s1. The number of nitrogens with one attached hydrogen (secondary N) is 1. The fourth-order valence-electron chi connectivity index (χ4n) is 4.37. The molecular formula is C28H29N3O7. The number of likely N-dealkylation sites (tertiary alicyclic amines) is 1. The van der Waals surface area contributed by atoms with E-state index in [9.17, 15) is 24.9 Å². The second-order valence-electron chi connectivity index (χ2n) is 8.78. The van der Waals surface area contributed by atoms with Gasteiger partial charge in [-0.3, -0.25) is 9.59 Å². The number of phenols is 2. The molecule has 4 N–H and O–H groups in total. The van der Waals surface area contributed by atoms with Crippen LogP contribution in [0.3, 0.4) is 0 Å². The van der Waals surface area contributed by atoms with E-state index in [1.165, 1.54) is 30.2 Å². The molecule has 1 aliphatic rings. The Labute approximate surface area is 219 Å². The van der Waals surface area contributed by atoms with E-state index in [-0.39, 0.29) is 36.9 Å². The Morgan fingerprint density at radius 1 is 1.05 bits per heavy atom. The van der Waals surface area contributed by atoms with Gasteiger partial charge in [0.1, 0.15) is 18.9 Å².